The van der Waals surface area contributed by atoms with E-state index >= 15 is 0 Å². The van der Waals surface area contributed by atoms with Gasteiger partial charge >= 0.3 is 5.97 Å². The maximum Gasteiger partial charge on any atom is 0.338 e. The van der Waals surface area contributed by atoms with Gasteiger partial charge in [0.15, 0.2) is 0 Å². The number of aliphatic hydroxyl groups excluding tert-OH is 1. The lowest BCUT2D eigenvalue weighted by atomic mass is 9.96. The molecule has 0 radical (unpaired) electrons. The highest BCUT2D eigenvalue weighted by Crippen LogP contribution is 2.42. The molecule has 2 aromatic carbocycles. The summed E-state index contributed by atoms with van der Waals surface area (Å²) in [6.07, 6.45) is 3.80. The fraction of sp³-hybridized carbons (Fsp3) is 0.154. The molecule has 0 aliphatic carbocycles. The third kappa shape index (κ3) is 4.25. The van der Waals surface area contributed by atoms with Crippen LogP contribution in [0.25, 0.3) is 5.76 Å². The largest absolute Gasteiger partial charge is 0.507 e. The summed E-state index contributed by atoms with van der Waals surface area (Å²) in [5, 5.41) is 11.0. The predicted octanol–water partition coefficient (Wildman–Crippen LogP) is 4.27. The lowest BCUT2D eigenvalue weighted by Gasteiger charge is -2.25. The van der Waals surface area contributed by atoms with Gasteiger partial charge in [0.2, 0.25) is 0 Å². The fourth-order valence-corrected chi connectivity index (χ4v) is 3.76. The first-order chi connectivity index (χ1) is 16.0. The number of carbonyl (C=O) groups is 3. The summed E-state index contributed by atoms with van der Waals surface area (Å²) in [5.74, 6) is -2.41. The number of pyridine rings is 1. The van der Waals surface area contributed by atoms with Crippen LogP contribution in [-0.4, -0.2) is 34.4 Å². The van der Waals surface area contributed by atoms with Crippen LogP contribution in [-0.2, 0) is 14.3 Å². The van der Waals surface area contributed by atoms with E-state index in [-0.39, 0.29) is 23.5 Å². The molecule has 2 heterocycles. The third-order valence-electron chi connectivity index (χ3n) is 5.29. The van der Waals surface area contributed by atoms with Crippen LogP contribution in [0.4, 0.5) is 5.69 Å². The molecule has 166 valence electrons. The summed E-state index contributed by atoms with van der Waals surface area (Å²) in [5.41, 5.74) is 1.52. The summed E-state index contributed by atoms with van der Waals surface area (Å²) in [7, 11) is 0. The highest BCUT2D eigenvalue weighted by Gasteiger charge is 2.47. The van der Waals surface area contributed by atoms with Crippen LogP contribution in [0.5, 0.6) is 0 Å². The smallest absolute Gasteiger partial charge is 0.338 e. The Labute approximate surface area is 191 Å². The number of aliphatic hydroxyl groups is 1. The van der Waals surface area contributed by atoms with Crippen LogP contribution in [0.15, 0.2) is 84.7 Å². The van der Waals surface area contributed by atoms with Gasteiger partial charge in [-0.3, -0.25) is 19.5 Å². The molecule has 0 spiro atoms. The van der Waals surface area contributed by atoms with E-state index < -0.39 is 23.7 Å². The lowest BCUT2D eigenvalue weighted by Crippen LogP contribution is -2.29. The van der Waals surface area contributed by atoms with Crippen LogP contribution >= 0.6 is 0 Å². The van der Waals surface area contributed by atoms with Gasteiger partial charge in [0.05, 0.1) is 23.8 Å². The van der Waals surface area contributed by atoms with Gasteiger partial charge in [0, 0.05) is 23.6 Å². The third-order valence-corrected chi connectivity index (χ3v) is 5.29. The number of Topliss-reactive ketones (excluding diaryl/α,β-unsaturated/α-hetero) is 1. The van der Waals surface area contributed by atoms with E-state index in [4.69, 9.17) is 4.74 Å². The summed E-state index contributed by atoms with van der Waals surface area (Å²) in [6.45, 7) is 2.17. The van der Waals surface area contributed by atoms with Gasteiger partial charge in [0.1, 0.15) is 5.76 Å². The Morgan fingerprint density at radius 2 is 1.79 bits per heavy atom. The Bertz CT molecular complexity index is 1220. The van der Waals surface area contributed by atoms with Crippen molar-refractivity contribution in [3.63, 3.8) is 0 Å². The predicted molar refractivity (Wildman–Crippen MR) is 122 cm³/mol. The molecule has 1 amide bonds. The molecular formula is C26H22N2O5. The van der Waals surface area contributed by atoms with Crippen molar-refractivity contribution in [2.75, 3.05) is 11.5 Å². The molecule has 1 aliphatic rings. The standard InChI is InChI=1S/C26H22N2O5/c1-2-14-33-26(32)18-10-6-12-20(15-18)28-22(19-11-7-13-27-16-19)21(24(30)25(28)31)23(29)17-8-4-3-5-9-17/h3-13,15-16,22,29H,2,14H2,1H3/b23-21+. The van der Waals surface area contributed by atoms with Crippen molar-refractivity contribution in [3.05, 3.63) is 101 Å². The van der Waals surface area contributed by atoms with Crippen molar-refractivity contribution < 1.29 is 24.2 Å². The molecular weight excluding hydrogens is 420 g/mol. The van der Waals surface area contributed by atoms with Gasteiger partial charge in [-0.2, -0.15) is 0 Å². The number of hydrogen-bond acceptors (Lipinski definition) is 6. The van der Waals surface area contributed by atoms with E-state index in [0.717, 1.165) is 0 Å². The SMILES string of the molecule is CCCOC(=O)c1cccc(N2C(=O)C(=O)/C(=C(/O)c3ccccc3)C2c2cccnc2)c1. The summed E-state index contributed by atoms with van der Waals surface area (Å²) in [6, 6.07) is 17.4. The molecule has 4 rings (SSSR count). The van der Waals surface area contributed by atoms with Crippen LogP contribution < -0.4 is 4.90 Å². The Morgan fingerprint density at radius 3 is 2.48 bits per heavy atom. The van der Waals surface area contributed by atoms with Crippen LogP contribution in [0.1, 0.15) is 40.9 Å². The summed E-state index contributed by atoms with van der Waals surface area (Å²) in [4.78, 5) is 44.1. The molecule has 1 saturated heterocycles. The minimum atomic E-state index is -0.916. The number of nitrogens with zero attached hydrogens (tertiary/aromatic N) is 2. The monoisotopic (exact) mass is 442 g/mol. The van der Waals surface area contributed by atoms with E-state index in [1.165, 1.54) is 11.0 Å². The minimum absolute atomic E-state index is 0.0434. The molecule has 1 atom stereocenters. The number of anilines is 1. The number of hydrogen-bond donors (Lipinski definition) is 1. The second-order valence-electron chi connectivity index (χ2n) is 7.51. The van der Waals surface area contributed by atoms with Crippen LogP contribution in [0.2, 0.25) is 0 Å². The molecule has 1 aliphatic heterocycles. The zero-order chi connectivity index (χ0) is 23.4. The number of aromatic nitrogens is 1. The number of ether oxygens (including phenoxy) is 1. The van der Waals surface area contributed by atoms with Crippen molar-refractivity contribution >= 4 is 29.1 Å². The second-order valence-corrected chi connectivity index (χ2v) is 7.51. The van der Waals surface area contributed by atoms with Crippen molar-refractivity contribution in [2.45, 2.75) is 19.4 Å². The maximum atomic E-state index is 13.2. The van der Waals surface area contributed by atoms with Crippen molar-refractivity contribution in [1.29, 1.82) is 0 Å². The zero-order valence-electron chi connectivity index (χ0n) is 18.0. The van der Waals surface area contributed by atoms with Gasteiger partial charge in [-0.15, -0.1) is 0 Å². The first-order valence-electron chi connectivity index (χ1n) is 10.6. The molecule has 1 unspecified atom stereocenters. The number of rotatable bonds is 6. The Morgan fingerprint density at radius 1 is 1.03 bits per heavy atom. The highest BCUT2D eigenvalue weighted by atomic mass is 16.5. The van der Waals surface area contributed by atoms with Crippen molar-refractivity contribution in [2.24, 2.45) is 0 Å². The topological polar surface area (TPSA) is 96.8 Å². The molecule has 3 aromatic rings. The minimum Gasteiger partial charge on any atom is -0.507 e. The second kappa shape index (κ2) is 9.48. The molecule has 1 aromatic heterocycles. The van der Waals surface area contributed by atoms with Gasteiger partial charge < -0.3 is 9.84 Å². The Kier molecular flexibility index (Phi) is 6.31. The lowest BCUT2D eigenvalue weighted by molar-refractivity contribution is -0.132. The summed E-state index contributed by atoms with van der Waals surface area (Å²) < 4.78 is 5.20. The average Bonchev–Trinajstić information content (AvgIpc) is 3.13. The molecule has 0 saturated carbocycles. The molecule has 7 nitrogen and oxygen atoms in total. The highest BCUT2D eigenvalue weighted by molar-refractivity contribution is 6.51. The van der Waals surface area contributed by atoms with Crippen molar-refractivity contribution in [1.82, 2.24) is 4.98 Å². The number of esters is 1. The first kappa shape index (κ1) is 22.0. The molecule has 0 bridgehead atoms. The molecule has 1 fully saturated rings. The van der Waals surface area contributed by atoms with Crippen LogP contribution in [0.3, 0.4) is 0 Å². The Hall–Kier alpha value is -4.26. The van der Waals surface area contributed by atoms with E-state index in [2.05, 4.69) is 4.98 Å². The van der Waals surface area contributed by atoms with E-state index in [1.54, 1.807) is 73.1 Å². The van der Waals surface area contributed by atoms with Crippen molar-refractivity contribution in [3.8, 4) is 0 Å². The van der Waals surface area contributed by atoms with Crippen LogP contribution in [0, 0.1) is 0 Å². The normalized spacial score (nSPS) is 17.2. The molecule has 1 N–H and O–H groups in total. The van der Waals surface area contributed by atoms with Gasteiger partial charge in [-0.05, 0) is 36.2 Å². The zero-order valence-corrected chi connectivity index (χ0v) is 18.0. The fourth-order valence-electron chi connectivity index (χ4n) is 3.76. The molecule has 33 heavy (non-hydrogen) atoms. The quantitative estimate of drug-likeness (QED) is 0.265. The average molecular weight is 442 g/mol. The maximum absolute atomic E-state index is 13.2. The van der Waals surface area contributed by atoms with Gasteiger partial charge in [-0.25, -0.2) is 4.79 Å². The number of benzene rings is 2. The molecule has 7 heteroatoms. The van der Waals surface area contributed by atoms with E-state index in [9.17, 15) is 19.5 Å². The van der Waals surface area contributed by atoms with Gasteiger partial charge in [0.25, 0.3) is 11.7 Å². The number of amides is 1. The summed E-state index contributed by atoms with van der Waals surface area (Å²) >= 11 is 0. The number of ketones is 1. The number of carbonyl (C=O) groups excluding carboxylic acids is 3. The van der Waals surface area contributed by atoms with E-state index in [0.29, 0.717) is 23.2 Å². The van der Waals surface area contributed by atoms with E-state index in [1.807, 2.05) is 6.92 Å². The van der Waals surface area contributed by atoms with Gasteiger partial charge in [-0.1, -0.05) is 49.4 Å². The Balaban J connectivity index is 1.85. The first-order valence-corrected chi connectivity index (χ1v) is 10.6.